The molecule has 1 aromatic rings. The summed E-state index contributed by atoms with van der Waals surface area (Å²) in [5.74, 6) is 6.07. The van der Waals surface area contributed by atoms with Gasteiger partial charge in [0.25, 0.3) is 0 Å². The molecule has 1 rings (SSSR count). The average Bonchev–Trinajstić information content (AvgIpc) is 2.71. The van der Waals surface area contributed by atoms with Gasteiger partial charge in [0.1, 0.15) is 0 Å². The molecule has 0 aliphatic heterocycles. The molecule has 29 heavy (non-hydrogen) atoms. The van der Waals surface area contributed by atoms with Crippen molar-refractivity contribution in [2.45, 2.75) is 72.6 Å². The summed E-state index contributed by atoms with van der Waals surface area (Å²) in [6.45, 7) is 12.5. The second kappa shape index (κ2) is 15.2. The number of rotatable bonds is 14. The number of nitrogens with zero attached hydrogens (tertiary/aromatic N) is 1. The van der Waals surface area contributed by atoms with Crippen LogP contribution in [0.1, 0.15) is 77.3 Å². The predicted molar refractivity (Wildman–Crippen MR) is 138 cm³/mol. The summed E-state index contributed by atoms with van der Waals surface area (Å²) in [7, 11) is -0.152. The van der Waals surface area contributed by atoms with Gasteiger partial charge in [0.15, 0.2) is 0 Å². The van der Waals surface area contributed by atoms with Crippen LogP contribution in [-0.4, -0.2) is 17.3 Å². The molecule has 0 aromatic heterocycles. The van der Waals surface area contributed by atoms with E-state index in [-0.39, 0.29) is 10.7 Å². The molecule has 1 aromatic carbocycles. The fraction of sp³-hybridized carbons (Fsp3) is 0.481. The van der Waals surface area contributed by atoms with Gasteiger partial charge < -0.3 is 0 Å². The third kappa shape index (κ3) is 10.1. The van der Waals surface area contributed by atoms with E-state index in [4.69, 9.17) is 4.40 Å². The second-order valence-corrected chi connectivity index (χ2v) is 9.22. The second-order valence-electron chi connectivity index (χ2n) is 7.71. The monoisotopic (exact) mass is 411 g/mol. The van der Waals surface area contributed by atoms with E-state index in [1.165, 1.54) is 42.4 Å². The van der Waals surface area contributed by atoms with Crippen molar-refractivity contribution in [3.05, 3.63) is 66.3 Å². The van der Waals surface area contributed by atoms with Crippen LogP contribution in [0.3, 0.4) is 0 Å². The molecule has 2 atom stereocenters. The molecule has 0 N–H and O–H groups in total. The Labute approximate surface area is 182 Å². The van der Waals surface area contributed by atoms with Gasteiger partial charge in [-0.25, -0.2) is 4.40 Å². The first-order valence-electron chi connectivity index (χ1n) is 11.1. The van der Waals surface area contributed by atoms with Crippen LogP contribution in [0.2, 0.25) is 0 Å². The number of hydrogen-bond donors (Lipinski definition) is 0. The van der Waals surface area contributed by atoms with Crippen molar-refractivity contribution in [2.75, 3.05) is 5.75 Å². The minimum absolute atomic E-state index is 0.152. The third-order valence-corrected chi connectivity index (χ3v) is 6.54. The topological polar surface area (TPSA) is 12.4 Å². The SMILES string of the molecule is C=CCCC(CCC)CCc1ccc(C(=C/C=C\C)/C(C)=N/S(=C)CCC)cc1. The lowest BCUT2D eigenvalue weighted by atomic mass is 9.90. The first-order chi connectivity index (χ1) is 14.0. The van der Waals surface area contributed by atoms with Crippen molar-refractivity contribution in [1.29, 1.82) is 0 Å². The molecular weight excluding hydrogens is 370 g/mol. The van der Waals surface area contributed by atoms with E-state index >= 15 is 0 Å². The third-order valence-electron chi connectivity index (χ3n) is 5.13. The molecule has 0 fully saturated rings. The van der Waals surface area contributed by atoms with Crippen LogP contribution < -0.4 is 0 Å². The van der Waals surface area contributed by atoms with Gasteiger partial charge >= 0.3 is 0 Å². The highest BCUT2D eigenvalue weighted by molar-refractivity contribution is 8.13. The maximum Gasteiger partial charge on any atom is 0.0527 e. The summed E-state index contributed by atoms with van der Waals surface area (Å²) >= 11 is 0. The Morgan fingerprint density at radius 3 is 2.41 bits per heavy atom. The molecule has 0 aliphatic carbocycles. The molecule has 0 aliphatic rings. The van der Waals surface area contributed by atoms with Crippen molar-refractivity contribution in [1.82, 2.24) is 0 Å². The first kappa shape index (κ1) is 25.4. The van der Waals surface area contributed by atoms with Crippen LogP contribution in [0.15, 0.2) is 59.5 Å². The average molecular weight is 412 g/mol. The molecule has 0 spiro atoms. The lowest BCUT2D eigenvalue weighted by molar-refractivity contribution is 0.419. The van der Waals surface area contributed by atoms with Gasteiger partial charge in [0.05, 0.1) is 5.71 Å². The van der Waals surface area contributed by atoms with Crippen molar-refractivity contribution in [3.8, 4) is 0 Å². The van der Waals surface area contributed by atoms with Crippen LogP contribution in [0.25, 0.3) is 5.57 Å². The zero-order valence-corrected chi connectivity index (χ0v) is 19.9. The fourth-order valence-corrected chi connectivity index (χ4v) is 4.61. The van der Waals surface area contributed by atoms with Crippen molar-refractivity contribution in [3.63, 3.8) is 0 Å². The first-order valence-corrected chi connectivity index (χ1v) is 12.7. The minimum atomic E-state index is -0.152. The maximum atomic E-state index is 4.85. The highest BCUT2D eigenvalue weighted by Crippen LogP contribution is 2.24. The van der Waals surface area contributed by atoms with Gasteiger partial charge in [-0.1, -0.05) is 91.8 Å². The maximum absolute atomic E-state index is 4.85. The molecule has 0 heterocycles. The Hall–Kier alpha value is -1.67. The van der Waals surface area contributed by atoms with E-state index in [0.717, 1.165) is 36.6 Å². The molecule has 1 nitrogen and oxygen atoms in total. The van der Waals surface area contributed by atoms with E-state index in [9.17, 15) is 0 Å². The Kier molecular flexibility index (Phi) is 13.3. The highest BCUT2D eigenvalue weighted by atomic mass is 32.2. The van der Waals surface area contributed by atoms with Crippen LogP contribution >= 0.6 is 10.7 Å². The zero-order chi connectivity index (χ0) is 21.5. The summed E-state index contributed by atoms with van der Waals surface area (Å²) in [5, 5.41) is 0. The highest BCUT2D eigenvalue weighted by Gasteiger charge is 2.09. The number of benzene rings is 1. The van der Waals surface area contributed by atoms with E-state index in [1.807, 2.05) is 6.92 Å². The van der Waals surface area contributed by atoms with Crippen LogP contribution in [-0.2, 0) is 6.42 Å². The van der Waals surface area contributed by atoms with Crippen LogP contribution in [0.4, 0.5) is 0 Å². The Bertz CT molecular complexity index is 707. The lowest BCUT2D eigenvalue weighted by Crippen LogP contribution is -2.02. The van der Waals surface area contributed by atoms with Gasteiger partial charge in [0.2, 0.25) is 0 Å². The summed E-state index contributed by atoms with van der Waals surface area (Å²) in [6, 6.07) is 9.09. The molecule has 160 valence electrons. The van der Waals surface area contributed by atoms with E-state index < -0.39 is 0 Å². The van der Waals surface area contributed by atoms with Gasteiger partial charge in [-0.05, 0) is 63.0 Å². The molecule has 0 saturated heterocycles. The molecule has 0 radical (unpaired) electrons. The molecule has 0 saturated carbocycles. The van der Waals surface area contributed by atoms with Gasteiger partial charge in [0, 0.05) is 11.3 Å². The molecule has 0 amide bonds. The van der Waals surface area contributed by atoms with E-state index in [0.29, 0.717) is 0 Å². The number of aryl methyl sites for hydroxylation is 1. The fourth-order valence-electron chi connectivity index (χ4n) is 3.56. The number of hydrogen-bond acceptors (Lipinski definition) is 1. The van der Waals surface area contributed by atoms with Gasteiger partial charge in [-0.15, -0.1) is 6.58 Å². The Morgan fingerprint density at radius 2 is 1.83 bits per heavy atom. The predicted octanol–water partition coefficient (Wildman–Crippen LogP) is 8.45. The molecular formula is C27H41NS. The van der Waals surface area contributed by atoms with Crippen LogP contribution in [0, 0.1) is 5.92 Å². The summed E-state index contributed by atoms with van der Waals surface area (Å²) in [4.78, 5) is 0. The van der Waals surface area contributed by atoms with E-state index in [2.05, 4.69) is 81.8 Å². The molecule has 2 unspecified atom stereocenters. The molecule has 0 bridgehead atoms. The quantitative estimate of drug-likeness (QED) is 0.126. The normalized spacial score (nSPS) is 14.9. The smallest absolute Gasteiger partial charge is 0.0527 e. The van der Waals surface area contributed by atoms with Crippen LogP contribution in [0.5, 0.6) is 0 Å². The summed E-state index contributed by atoms with van der Waals surface area (Å²) in [5.41, 5.74) is 4.94. The van der Waals surface area contributed by atoms with Crippen molar-refractivity contribution < 1.29 is 0 Å². The standard InChI is InChI=1S/C27H41NS/c1-7-11-14-24(13-9-3)16-17-25-18-20-26(21-19-25)27(15-12-8-2)23(5)28-29(6)22-10-4/h7-8,12,15,18-21,24H,1,6,9-11,13-14,16-17,22H2,2-5H3/b12-8-,27-15+,28-23+. The lowest BCUT2D eigenvalue weighted by Gasteiger charge is -2.15. The Morgan fingerprint density at radius 1 is 1.10 bits per heavy atom. The zero-order valence-electron chi connectivity index (χ0n) is 19.1. The largest absolute Gasteiger partial charge is 0.229 e. The van der Waals surface area contributed by atoms with Crippen molar-refractivity contribution in [2.24, 2.45) is 10.3 Å². The van der Waals surface area contributed by atoms with Crippen molar-refractivity contribution >= 4 is 27.8 Å². The van der Waals surface area contributed by atoms with E-state index in [1.54, 1.807) is 0 Å². The van der Waals surface area contributed by atoms with Gasteiger partial charge in [-0.3, -0.25) is 0 Å². The number of allylic oxidation sites excluding steroid dienone is 5. The summed E-state index contributed by atoms with van der Waals surface area (Å²) < 4.78 is 4.85. The van der Waals surface area contributed by atoms with Gasteiger partial charge in [-0.2, -0.15) is 0 Å². The minimum Gasteiger partial charge on any atom is -0.229 e. The summed E-state index contributed by atoms with van der Waals surface area (Å²) in [6.07, 6.45) is 16.9. The molecule has 2 heteroatoms. The Balaban J connectivity index is 2.91.